The van der Waals surface area contributed by atoms with Gasteiger partial charge in [-0.3, -0.25) is 0 Å². The molecule has 1 aromatic rings. The Labute approximate surface area is 96.2 Å². The van der Waals surface area contributed by atoms with E-state index < -0.39 is 23.3 Å². The van der Waals surface area contributed by atoms with Crippen molar-refractivity contribution in [3.05, 3.63) is 33.3 Å². The van der Waals surface area contributed by atoms with Crippen LogP contribution in [0, 0.1) is 11.3 Å². The predicted octanol–water partition coefficient (Wildman–Crippen LogP) is 3.04. The van der Waals surface area contributed by atoms with Crippen LogP contribution >= 0.6 is 15.9 Å². The maximum Gasteiger partial charge on any atom is 0.416 e. The first kappa shape index (κ1) is 12.5. The highest BCUT2D eigenvalue weighted by molar-refractivity contribution is 9.10. The van der Waals surface area contributed by atoms with Crippen LogP contribution < -0.4 is 0 Å². The summed E-state index contributed by atoms with van der Waals surface area (Å²) in [6.07, 6.45) is -4.68. The van der Waals surface area contributed by atoms with Gasteiger partial charge in [-0.1, -0.05) is 0 Å². The number of rotatable bonds is 1. The molecule has 0 aliphatic rings. The molecule has 0 aliphatic heterocycles. The first-order valence-corrected chi connectivity index (χ1v) is 4.60. The summed E-state index contributed by atoms with van der Waals surface area (Å²) in [7, 11) is 0. The van der Waals surface area contributed by atoms with Crippen LogP contribution in [0.2, 0.25) is 0 Å². The molecule has 0 atom stereocenters. The van der Waals surface area contributed by atoms with Crippen LogP contribution in [0.1, 0.15) is 21.5 Å². The normalized spacial score (nSPS) is 10.9. The molecule has 0 amide bonds. The van der Waals surface area contributed by atoms with Crippen LogP contribution in [0.5, 0.6) is 0 Å². The summed E-state index contributed by atoms with van der Waals surface area (Å²) in [5, 5.41) is 17.2. The predicted molar refractivity (Wildman–Crippen MR) is 50.8 cm³/mol. The molecule has 0 fully saturated rings. The van der Waals surface area contributed by atoms with Gasteiger partial charge in [0.05, 0.1) is 16.7 Å². The van der Waals surface area contributed by atoms with E-state index in [2.05, 4.69) is 15.9 Å². The van der Waals surface area contributed by atoms with Crippen molar-refractivity contribution in [3.63, 3.8) is 0 Å². The summed E-state index contributed by atoms with van der Waals surface area (Å²) in [6, 6.07) is 2.57. The largest absolute Gasteiger partial charge is 0.478 e. The number of benzene rings is 1. The zero-order valence-electron chi connectivity index (χ0n) is 7.47. The molecule has 7 heteroatoms. The van der Waals surface area contributed by atoms with Crippen LogP contribution in [0.3, 0.4) is 0 Å². The first-order chi connectivity index (χ1) is 7.27. The van der Waals surface area contributed by atoms with E-state index in [-0.39, 0.29) is 10.0 Å². The SMILES string of the molecule is N#Cc1cc(C(F)(F)F)cc(C(=O)O)c1Br. The summed E-state index contributed by atoms with van der Waals surface area (Å²) >= 11 is 2.77. The van der Waals surface area contributed by atoms with Crippen LogP contribution in [0.4, 0.5) is 13.2 Å². The van der Waals surface area contributed by atoms with Crippen molar-refractivity contribution in [2.24, 2.45) is 0 Å². The number of halogens is 4. The minimum atomic E-state index is -4.68. The molecule has 0 saturated heterocycles. The van der Waals surface area contributed by atoms with Gasteiger partial charge in [-0.2, -0.15) is 18.4 Å². The smallest absolute Gasteiger partial charge is 0.416 e. The third kappa shape index (κ3) is 2.33. The van der Waals surface area contributed by atoms with Gasteiger partial charge in [0.25, 0.3) is 0 Å². The number of hydrogen-bond donors (Lipinski definition) is 1. The van der Waals surface area contributed by atoms with E-state index in [1.165, 1.54) is 6.07 Å². The lowest BCUT2D eigenvalue weighted by Gasteiger charge is -2.09. The molecule has 0 spiro atoms. The van der Waals surface area contributed by atoms with Crippen LogP contribution in [-0.4, -0.2) is 11.1 Å². The highest BCUT2D eigenvalue weighted by Gasteiger charge is 2.32. The number of nitrogens with zero attached hydrogens (tertiary/aromatic N) is 1. The lowest BCUT2D eigenvalue weighted by atomic mass is 10.1. The van der Waals surface area contributed by atoms with Gasteiger partial charge in [0.15, 0.2) is 0 Å². The molecule has 84 valence electrons. The summed E-state index contributed by atoms with van der Waals surface area (Å²) < 4.78 is 36.9. The summed E-state index contributed by atoms with van der Waals surface area (Å²) in [4.78, 5) is 10.7. The van der Waals surface area contributed by atoms with Gasteiger partial charge in [0.1, 0.15) is 6.07 Å². The van der Waals surface area contributed by atoms with Crippen molar-refractivity contribution in [2.75, 3.05) is 0 Å². The molecule has 0 aliphatic carbocycles. The first-order valence-electron chi connectivity index (χ1n) is 3.81. The molecule has 0 unspecified atom stereocenters. The van der Waals surface area contributed by atoms with E-state index in [0.717, 1.165) is 0 Å². The Morgan fingerprint density at radius 1 is 1.44 bits per heavy atom. The fourth-order valence-corrected chi connectivity index (χ4v) is 1.51. The highest BCUT2D eigenvalue weighted by atomic mass is 79.9. The van der Waals surface area contributed by atoms with Gasteiger partial charge in [-0.25, -0.2) is 4.79 Å². The topological polar surface area (TPSA) is 61.1 Å². The Morgan fingerprint density at radius 2 is 2.00 bits per heavy atom. The molecule has 0 radical (unpaired) electrons. The number of alkyl halides is 3. The van der Waals surface area contributed by atoms with Crippen molar-refractivity contribution in [1.82, 2.24) is 0 Å². The van der Waals surface area contributed by atoms with Crippen molar-refractivity contribution in [3.8, 4) is 6.07 Å². The molecule has 3 nitrogen and oxygen atoms in total. The monoisotopic (exact) mass is 293 g/mol. The summed E-state index contributed by atoms with van der Waals surface area (Å²) in [5.74, 6) is -1.53. The second-order valence-electron chi connectivity index (χ2n) is 2.80. The van der Waals surface area contributed by atoms with Crippen LogP contribution in [0.25, 0.3) is 0 Å². The zero-order chi connectivity index (χ0) is 12.5. The Morgan fingerprint density at radius 3 is 2.38 bits per heavy atom. The van der Waals surface area contributed by atoms with E-state index in [1.54, 1.807) is 0 Å². The van der Waals surface area contributed by atoms with Crippen molar-refractivity contribution >= 4 is 21.9 Å². The van der Waals surface area contributed by atoms with Crippen LogP contribution in [0.15, 0.2) is 16.6 Å². The molecular formula is C9H3BrF3NO2. The van der Waals surface area contributed by atoms with E-state index in [0.29, 0.717) is 12.1 Å². The number of carboxylic acids is 1. The second kappa shape index (κ2) is 4.14. The molecule has 0 saturated carbocycles. The maximum absolute atomic E-state index is 12.4. The quantitative estimate of drug-likeness (QED) is 0.866. The fraction of sp³-hybridized carbons (Fsp3) is 0.111. The molecule has 0 heterocycles. The van der Waals surface area contributed by atoms with Gasteiger partial charge in [0.2, 0.25) is 0 Å². The molecule has 1 N–H and O–H groups in total. The van der Waals surface area contributed by atoms with E-state index >= 15 is 0 Å². The van der Waals surface area contributed by atoms with Gasteiger partial charge < -0.3 is 5.11 Å². The average Bonchev–Trinajstić information content (AvgIpc) is 2.15. The standard InChI is InChI=1S/C9H3BrF3NO2/c10-7-4(3-14)1-5(9(11,12)13)2-6(7)8(15)16/h1-2H,(H,15,16). The van der Waals surface area contributed by atoms with E-state index in [1.807, 2.05) is 0 Å². The lowest BCUT2D eigenvalue weighted by molar-refractivity contribution is -0.137. The average molecular weight is 294 g/mol. The van der Waals surface area contributed by atoms with Crippen molar-refractivity contribution in [2.45, 2.75) is 6.18 Å². The number of carboxylic acid groups (broad SMARTS) is 1. The highest BCUT2D eigenvalue weighted by Crippen LogP contribution is 2.33. The van der Waals surface area contributed by atoms with Gasteiger partial charge in [-0.05, 0) is 28.1 Å². The lowest BCUT2D eigenvalue weighted by Crippen LogP contribution is -2.09. The molecule has 0 bridgehead atoms. The van der Waals surface area contributed by atoms with Gasteiger partial charge >= 0.3 is 12.1 Å². The minimum absolute atomic E-state index is 0.157. The van der Waals surface area contributed by atoms with Crippen molar-refractivity contribution < 1.29 is 23.1 Å². The third-order valence-electron chi connectivity index (χ3n) is 1.75. The fourth-order valence-electron chi connectivity index (χ4n) is 1.03. The molecule has 1 rings (SSSR count). The van der Waals surface area contributed by atoms with Gasteiger partial charge in [-0.15, -0.1) is 0 Å². The third-order valence-corrected chi connectivity index (χ3v) is 2.61. The molecule has 0 aromatic heterocycles. The Kier molecular flexibility index (Phi) is 3.24. The summed E-state index contributed by atoms with van der Waals surface area (Å²) in [5.41, 5.74) is -2.12. The van der Waals surface area contributed by atoms with Gasteiger partial charge in [0, 0.05) is 4.47 Å². The number of carbonyl (C=O) groups is 1. The molecule has 16 heavy (non-hydrogen) atoms. The number of hydrogen-bond acceptors (Lipinski definition) is 2. The van der Waals surface area contributed by atoms with E-state index in [9.17, 15) is 18.0 Å². The number of nitriles is 1. The molecule has 1 aromatic carbocycles. The zero-order valence-corrected chi connectivity index (χ0v) is 9.06. The minimum Gasteiger partial charge on any atom is -0.478 e. The maximum atomic E-state index is 12.4. The second-order valence-corrected chi connectivity index (χ2v) is 3.59. The Bertz CT molecular complexity index is 491. The van der Waals surface area contributed by atoms with Crippen molar-refractivity contribution in [1.29, 1.82) is 5.26 Å². The number of aromatic carboxylic acids is 1. The molecular weight excluding hydrogens is 291 g/mol. The van der Waals surface area contributed by atoms with Crippen LogP contribution in [-0.2, 0) is 6.18 Å². The Balaban J connectivity index is 3.54. The van der Waals surface area contributed by atoms with E-state index in [4.69, 9.17) is 10.4 Å². The summed E-state index contributed by atoms with van der Waals surface area (Å²) in [6.45, 7) is 0. The Hall–Kier alpha value is -1.55.